The van der Waals surface area contributed by atoms with Crippen molar-refractivity contribution in [2.24, 2.45) is 21.1 Å². The van der Waals surface area contributed by atoms with Gasteiger partial charge in [0.15, 0.2) is 0 Å². The fourth-order valence-electron chi connectivity index (χ4n) is 2.48. The number of halogens is 1. The monoisotopic (exact) mass is 420 g/mol. The van der Waals surface area contributed by atoms with Crippen molar-refractivity contribution in [3.63, 3.8) is 0 Å². The molecule has 0 aliphatic rings. The molecule has 10 nitrogen and oxygen atoms in total. The predicted molar refractivity (Wildman–Crippen MR) is 96.4 cm³/mol. The first-order chi connectivity index (χ1) is 12.4. The fourth-order valence-corrected chi connectivity index (χ4v) is 3.00. The SMILES string of the molecule is Cn1cc(CNC(=O)c2c(NC(=O)c3c(Br)cnn3C)cnn2C)cn1. The summed E-state index contributed by atoms with van der Waals surface area (Å²) in [5.74, 6) is -0.751. The lowest BCUT2D eigenvalue weighted by Gasteiger charge is -2.09. The molecule has 0 fully saturated rings. The number of anilines is 1. The second-order valence-corrected chi connectivity index (χ2v) is 6.51. The van der Waals surface area contributed by atoms with Crippen molar-refractivity contribution in [1.29, 1.82) is 0 Å². The topological polar surface area (TPSA) is 112 Å². The Morgan fingerprint density at radius 2 is 1.69 bits per heavy atom. The van der Waals surface area contributed by atoms with Crippen molar-refractivity contribution in [3.8, 4) is 0 Å². The summed E-state index contributed by atoms with van der Waals surface area (Å²) in [4.78, 5) is 25.1. The number of hydrogen-bond donors (Lipinski definition) is 2. The molecule has 0 saturated carbocycles. The number of aromatic nitrogens is 6. The molecule has 0 aliphatic heterocycles. The van der Waals surface area contributed by atoms with Crippen molar-refractivity contribution in [2.45, 2.75) is 6.54 Å². The lowest BCUT2D eigenvalue weighted by Crippen LogP contribution is -2.27. The van der Waals surface area contributed by atoms with Gasteiger partial charge in [-0.2, -0.15) is 15.3 Å². The van der Waals surface area contributed by atoms with E-state index in [-0.39, 0.29) is 11.6 Å². The number of rotatable bonds is 5. The summed E-state index contributed by atoms with van der Waals surface area (Å²) in [6.45, 7) is 0.318. The second kappa shape index (κ2) is 7.12. The molecule has 2 amide bonds. The number of aryl methyl sites for hydroxylation is 3. The Morgan fingerprint density at radius 1 is 1.00 bits per heavy atom. The third-order valence-electron chi connectivity index (χ3n) is 3.72. The smallest absolute Gasteiger partial charge is 0.275 e. The van der Waals surface area contributed by atoms with Gasteiger partial charge in [-0.05, 0) is 15.9 Å². The van der Waals surface area contributed by atoms with Crippen LogP contribution >= 0.6 is 15.9 Å². The van der Waals surface area contributed by atoms with Crippen molar-refractivity contribution in [2.75, 3.05) is 5.32 Å². The molecule has 0 aliphatic carbocycles. The van der Waals surface area contributed by atoms with E-state index < -0.39 is 5.91 Å². The first-order valence-corrected chi connectivity index (χ1v) is 8.42. The lowest BCUT2D eigenvalue weighted by atomic mass is 10.3. The van der Waals surface area contributed by atoms with Crippen LogP contribution in [-0.2, 0) is 27.7 Å². The molecule has 3 rings (SSSR count). The highest BCUT2D eigenvalue weighted by Gasteiger charge is 2.22. The molecule has 3 aromatic heterocycles. The molecule has 0 bridgehead atoms. The van der Waals surface area contributed by atoms with Crippen LogP contribution in [0.5, 0.6) is 0 Å². The van der Waals surface area contributed by atoms with Crippen LogP contribution in [0.4, 0.5) is 5.69 Å². The molecule has 2 N–H and O–H groups in total. The van der Waals surface area contributed by atoms with E-state index in [1.54, 1.807) is 32.0 Å². The minimum absolute atomic E-state index is 0.250. The van der Waals surface area contributed by atoms with Gasteiger partial charge < -0.3 is 10.6 Å². The third kappa shape index (κ3) is 3.52. The van der Waals surface area contributed by atoms with E-state index in [2.05, 4.69) is 41.9 Å². The molecule has 3 heterocycles. The van der Waals surface area contributed by atoms with Crippen LogP contribution in [0.1, 0.15) is 26.5 Å². The molecule has 26 heavy (non-hydrogen) atoms. The van der Waals surface area contributed by atoms with Gasteiger partial charge in [0.05, 0.1) is 28.8 Å². The van der Waals surface area contributed by atoms with Crippen molar-refractivity contribution < 1.29 is 9.59 Å². The summed E-state index contributed by atoms with van der Waals surface area (Å²) < 4.78 is 5.07. The lowest BCUT2D eigenvalue weighted by molar-refractivity contribution is 0.0942. The van der Waals surface area contributed by atoms with Gasteiger partial charge in [-0.25, -0.2) is 0 Å². The van der Waals surface area contributed by atoms with E-state index in [1.165, 1.54) is 21.8 Å². The predicted octanol–water partition coefficient (Wildman–Crippen LogP) is 0.832. The van der Waals surface area contributed by atoms with E-state index >= 15 is 0 Å². The van der Waals surface area contributed by atoms with Crippen LogP contribution in [0.15, 0.2) is 29.3 Å². The van der Waals surface area contributed by atoms with Gasteiger partial charge in [0.1, 0.15) is 11.4 Å². The maximum Gasteiger partial charge on any atom is 0.275 e. The highest BCUT2D eigenvalue weighted by molar-refractivity contribution is 9.10. The maximum atomic E-state index is 12.6. The standard InChI is InChI=1S/C15H17BrN8O2/c1-22-8-9(5-18-22)4-17-14(25)13-11(7-20-24(13)3)21-15(26)12-10(16)6-19-23(12)2/h5-8H,4H2,1-3H3,(H,17,25)(H,21,26). The van der Waals surface area contributed by atoms with Crippen molar-refractivity contribution >= 4 is 33.4 Å². The molecule has 0 atom stereocenters. The van der Waals surface area contributed by atoms with Gasteiger partial charge in [0.2, 0.25) is 0 Å². The van der Waals surface area contributed by atoms with E-state index in [0.29, 0.717) is 22.4 Å². The largest absolute Gasteiger partial charge is 0.346 e. The Kier molecular flexibility index (Phi) is 4.89. The molecular weight excluding hydrogens is 404 g/mol. The van der Waals surface area contributed by atoms with Crippen LogP contribution in [0.3, 0.4) is 0 Å². The van der Waals surface area contributed by atoms with Crippen molar-refractivity contribution in [1.82, 2.24) is 34.7 Å². The fraction of sp³-hybridized carbons (Fsp3) is 0.267. The minimum atomic E-state index is -0.397. The Morgan fingerprint density at radius 3 is 2.31 bits per heavy atom. The summed E-state index contributed by atoms with van der Waals surface area (Å²) in [7, 11) is 5.09. The Labute approximate surface area is 157 Å². The summed E-state index contributed by atoms with van der Waals surface area (Å²) in [6.07, 6.45) is 6.44. The van der Waals surface area contributed by atoms with Gasteiger partial charge in [0.25, 0.3) is 11.8 Å². The molecule has 0 aromatic carbocycles. The summed E-state index contributed by atoms with van der Waals surface area (Å²) in [5, 5.41) is 17.6. The van der Waals surface area contributed by atoms with Gasteiger partial charge in [-0.3, -0.25) is 23.6 Å². The number of carbonyl (C=O) groups is 2. The minimum Gasteiger partial charge on any atom is -0.346 e. The third-order valence-corrected chi connectivity index (χ3v) is 4.30. The number of hydrogen-bond acceptors (Lipinski definition) is 5. The first kappa shape index (κ1) is 17.9. The van der Waals surface area contributed by atoms with Gasteiger partial charge in [-0.1, -0.05) is 0 Å². The van der Waals surface area contributed by atoms with Crippen LogP contribution in [0, 0.1) is 0 Å². The summed E-state index contributed by atoms with van der Waals surface area (Å²) in [6, 6.07) is 0. The number of nitrogens with one attached hydrogen (secondary N) is 2. The molecule has 3 aromatic rings. The molecular formula is C15H17BrN8O2. The Balaban J connectivity index is 1.76. The van der Waals surface area contributed by atoms with Crippen LogP contribution in [0.25, 0.3) is 0 Å². The average molecular weight is 421 g/mol. The summed E-state index contributed by atoms with van der Waals surface area (Å²) in [5.41, 5.74) is 1.78. The average Bonchev–Trinajstić information content (AvgIpc) is 3.25. The number of nitrogens with zero attached hydrogens (tertiary/aromatic N) is 6. The maximum absolute atomic E-state index is 12.6. The molecule has 11 heteroatoms. The van der Waals surface area contributed by atoms with Crippen LogP contribution in [-0.4, -0.2) is 41.2 Å². The van der Waals surface area contributed by atoms with E-state index in [9.17, 15) is 9.59 Å². The van der Waals surface area contributed by atoms with Crippen LogP contribution in [0.2, 0.25) is 0 Å². The van der Waals surface area contributed by atoms with Gasteiger partial charge >= 0.3 is 0 Å². The Hall–Kier alpha value is -2.95. The van der Waals surface area contributed by atoms with Crippen molar-refractivity contribution in [3.05, 3.63) is 46.2 Å². The molecule has 0 radical (unpaired) electrons. The number of amides is 2. The zero-order valence-corrected chi connectivity index (χ0v) is 16.0. The molecule has 0 unspecified atom stereocenters. The van der Waals surface area contributed by atoms with E-state index in [0.717, 1.165) is 5.56 Å². The highest BCUT2D eigenvalue weighted by atomic mass is 79.9. The zero-order valence-electron chi connectivity index (χ0n) is 14.4. The molecule has 136 valence electrons. The van der Waals surface area contributed by atoms with Gasteiger partial charge in [0, 0.05) is 39.4 Å². The molecule has 0 saturated heterocycles. The van der Waals surface area contributed by atoms with E-state index in [1.807, 2.05) is 6.20 Å². The van der Waals surface area contributed by atoms with Gasteiger partial charge in [-0.15, -0.1) is 0 Å². The second-order valence-electron chi connectivity index (χ2n) is 5.65. The highest BCUT2D eigenvalue weighted by Crippen LogP contribution is 2.19. The zero-order chi connectivity index (χ0) is 18.8. The van der Waals surface area contributed by atoms with Crippen LogP contribution < -0.4 is 10.6 Å². The van der Waals surface area contributed by atoms with E-state index in [4.69, 9.17) is 0 Å². The summed E-state index contributed by atoms with van der Waals surface area (Å²) >= 11 is 3.28. The molecule has 0 spiro atoms. The first-order valence-electron chi connectivity index (χ1n) is 7.63. The Bertz CT molecular complexity index is 951. The number of carbonyl (C=O) groups excluding carboxylic acids is 2. The normalized spacial score (nSPS) is 10.8. The quantitative estimate of drug-likeness (QED) is 0.634.